The molecule has 4 aromatic heterocycles. The first-order valence-corrected chi connectivity index (χ1v) is 14.2. The van der Waals surface area contributed by atoms with Crippen molar-refractivity contribution in [1.82, 2.24) is 35.0 Å². The summed E-state index contributed by atoms with van der Waals surface area (Å²) < 4.78 is 0. The second-order valence-electron chi connectivity index (χ2n) is 11.0. The first kappa shape index (κ1) is 24.7. The molecule has 0 bridgehead atoms. The van der Waals surface area contributed by atoms with Gasteiger partial charge in [-0.1, -0.05) is 25.3 Å². The first-order valence-electron chi connectivity index (χ1n) is 14.2. The Morgan fingerprint density at radius 3 is 2.67 bits per heavy atom. The van der Waals surface area contributed by atoms with Crippen molar-refractivity contribution in [3.63, 3.8) is 0 Å². The number of likely N-dealkylation sites (N-methyl/N-ethyl adjacent to an activating group) is 1. The fraction of sp³-hybridized carbons (Fsp3) is 0.367. The van der Waals surface area contributed by atoms with Gasteiger partial charge in [0, 0.05) is 55.4 Å². The summed E-state index contributed by atoms with van der Waals surface area (Å²) in [5.41, 5.74) is 6.13. The Labute approximate surface area is 232 Å². The number of rotatable bonds is 5. The number of fused-ring (bicyclic) bond motifs is 2. The molecule has 3 N–H and O–H groups in total. The molecule has 7 rings (SSSR count). The molecule has 0 atom stereocenters. The van der Waals surface area contributed by atoms with Crippen LogP contribution in [0.2, 0.25) is 0 Å². The van der Waals surface area contributed by atoms with E-state index >= 15 is 0 Å². The number of nitrogens with one attached hydrogen (secondary N) is 3. The van der Waals surface area contributed by atoms with Crippen LogP contribution in [-0.2, 0) is 4.79 Å². The van der Waals surface area contributed by atoms with Crippen LogP contribution in [-0.4, -0.2) is 74.2 Å². The van der Waals surface area contributed by atoms with Crippen LogP contribution in [0.1, 0.15) is 32.1 Å². The van der Waals surface area contributed by atoms with Crippen LogP contribution in [0.25, 0.3) is 44.6 Å². The second kappa shape index (κ2) is 10.3. The Morgan fingerprint density at radius 2 is 1.82 bits per heavy atom. The van der Waals surface area contributed by atoms with Gasteiger partial charge in [-0.2, -0.15) is 5.10 Å². The maximum atomic E-state index is 12.8. The van der Waals surface area contributed by atoms with Crippen molar-refractivity contribution < 1.29 is 4.79 Å². The van der Waals surface area contributed by atoms with E-state index in [1.165, 1.54) is 6.42 Å². The molecular formula is C30H33N9O. The summed E-state index contributed by atoms with van der Waals surface area (Å²) in [7, 11) is 2.15. The SMILES string of the molecule is CN1CCN(c2nccc3[nH]c(-c4n[nH]c5ccc(-c6cncc(NC(=O)C7CCCCC7)c6)cc45)nc23)CC1. The minimum absolute atomic E-state index is 0.0954. The second-order valence-corrected chi connectivity index (χ2v) is 11.0. The molecule has 1 saturated heterocycles. The molecule has 0 radical (unpaired) electrons. The molecule has 2 aliphatic rings. The molecule has 204 valence electrons. The first-order chi connectivity index (χ1) is 19.6. The summed E-state index contributed by atoms with van der Waals surface area (Å²) in [5, 5.41) is 11.8. The van der Waals surface area contributed by atoms with E-state index in [-0.39, 0.29) is 11.8 Å². The number of aromatic amines is 2. The van der Waals surface area contributed by atoms with Gasteiger partial charge in [-0.05, 0) is 49.7 Å². The van der Waals surface area contributed by atoms with Gasteiger partial charge in [0.15, 0.2) is 11.6 Å². The summed E-state index contributed by atoms with van der Waals surface area (Å²) in [4.78, 5) is 35.0. The Morgan fingerprint density at radius 1 is 0.975 bits per heavy atom. The van der Waals surface area contributed by atoms with Gasteiger partial charge in [0.1, 0.15) is 11.2 Å². The van der Waals surface area contributed by atoms with E-state index in [0.29, 0.717) is 5.82 Å². The fourth-order valence-electron chi connectivity index (χ4n) is 5.93. The molecule has 0 unspecified atom stereocenters. The van der Waals surface area contributed by atoms with E-state index < -0.39 is 0 Å². The summed E-state index contributed by atoms with van der Waals surface area (Å²) in [5.74, 6) is 1.81. The zero-order valence-corrected chi connectivity index (χ0v) is 22.7. The maximum Gasteiger partial charge on any atom is 0.227 e. The Kier molecular flexibility index (Phi) is 6.39. The van der Waals surface area contributed by atoms with Crippen molar-refractivity contribution in [2.45, 2.75) is 32.1 Å². The molecule has 5 heterocycles. The van der Waals surface area contributed by atoms with Gasteiger partial charge in [0.05, 0.1) is 22.9 Å². The number of hydrogen-bond donors (Lipinski definition) is 3. The van der Waals surface area contributed by atoms with Crippen LogP contribution in [0.3, 0.4) is 0 Å². The minimum Gasteiger partial charge on any atom is -0.352 e. The predicted molar refractivity (Wildman–Crippen MR) is 157 cm³/mol. The Balaban J connectivity index is 1.19. The number of piperazine rings is 1. The zero-order valence-electron chi connectivity index (χ0n) is 22.7. The lowest BCUT2D eigenvalue weighted by Gasteiger charge is -2.33. The number of carbonyl (C=O) groups is 1. The number of benzene rings is 1. The van der Waals surface area contributed by atoms with Crippen LogP contribution < -0.4 is 10.2 Å². The number of anilines is 2. The number of H-pyrrole nitrogens is 2. The third kappa shape index (κ3) is 4.68. The van der Waals surface area contributed by atoms with Crippen molar-refractivity contribution in [3.05, 3.63) is 48.9 Å². The van der Waals surface area contributed by atoms with Crippen molar-refractivity contribution in [3.8, 4) is 22.6 Å². The fourth-order valence-corrected chi connectivity index (χ4v) is 5.93. The lowest BCUT2D eigenvalue weighted by atomic mass is 9.88. The van der Waals surface area contributed by atoms with Crippen LogP contribution in [0.15, 0.2) is 48.9 Å². The molecule has 1 aliphatic carbocycles. The summed E-state index contributed by atoms with van der Waals surface area (Å²) in [6.07, 6.45) is 10.8. The Bertz CT molecular complexity index is 1680. The molecule has 0 spiro atoms. The third-order valence-corrected chi connectivity index (χ3v) is 8.29. The number of aromatic nitrogens is 6. The molecule has 2 fully saturated rings. The topological polar surface area (TPSA) is 119 Å². The maximum absolute atomic E-state index is 12.8. The zero-order chi connectivity index (χ0) is 27.1. The average molecular weight is 536 g/mol. The van der Waals surface area contributed by atoms with Gasteiger partial charge in [-0.3, -0.25) is 14.9 Å². The molecule has 10 nitrogen and oxygen atoms in total. The number of imidazole rings is 1. The van der Waals surface area contributed by atoms with Gasteiger partial charge in [0.2, 0.25) is 5.91 Å². The van der Waals surface area contributed by atoms with Gasteiger partial charge in [-0.25, -0.2) is 9.97 Å². The van der Waals surface area contributed by atoms with Crippen LogP contribution in [0.5, 0.6) is 0 Å². The summed E-state index contributed by atoms with van der Waals surface area (Å²) in [6.45, 7) is 3.85. The van der Waals surface area contributed by atoms with E-state index in [1.807, 2.05) is 36.7 Å². The molecule has 40 heavy (non-hydrogen) atoms. The summed E-state index contributed by atoms with van der Waals surface area (Å²) >= 11 is 0. The number of amides is 1. The highest BCUT2D eigenvalue weighted by molar-refractivity contribution is 5.97. The largest absolute Gasteiger partial charge is 0.352 e. The molecular weight excluding hydrogens is 502 g/mol. The quantitative estimate of drug-likeness (QED) is 0.295. The highest BCUT2D eigenvalue weighted by Crippen LogP contribution is 2.33. The van der Waals surface area contributed by atoms with E-state index in [0.717, 1.165) is 102 Å². The van der Waals surface area contributed by atoms with Gasteiger partial charge < -0.3 is 20.1 Å². The van der Waals surface area contributed by atoms with Gasteiger partial charge in [-0.15, -0.1) is 0 Å². The third-order valence-electron chi connectivity index (χ3n) is 8.29. The number of carbonyl (C=O) groups excluding carboxylic acids is 1. The molecule has 1 aliphatic heterocycles. The minimum atomic E-state index is 0.0954. The molecule has 10 heteroatoms. The van der Waals surface area contributed by atoms with Crippen LogP contribution >= 0.6 is 0 Å². The van der Waals surface area contributed by atoms with E-state index in [1.54, 1.807) is 6.20 Å². The van der Waals surface area contributed by atoms with Crippen molar-refractivity contribution >= 4 is 39.3 Å². The predicted octanol–water partition coefficient (Wildman–Crippen LogP) is 4.83. The highest BCUT2D eigenvalue weighted by atomic mass is 16.1. The van der Waals surface area contributed by atoms with Crippen molar-refractivity contribution in [2.75, 3.05) is 43.4 Å². The smallest absolute Gasteiger partial charge is 0.227 e. The molecule has 1 amide bonds. The lowest BCUT2D eigenvalue weighted by Crippen LogP contribution is -2.44. The van der Waals surface area contributed by atoms with Gasteiger partial charge >= 0.3 is 0 Å². The normalized spacial score (nSPS) is 17.1. The Hall–Kier alpha value is -4.31. The highest BCUT2D eigenvalue weighted by Gasteiger charge is 2.22. The van der Waals surface area contributed by atoms with E-state index in [4.69, 9.17) is 4.98 Å². The van der Waals surface area contributed by atoms with Crippen LogP contribution in [0, 0.1) is 5.92 Å². The molecule has 1 aromatic carbocycles. The number of nitrogens with zero attached hydrogens (tertiary/aromatic N) is 6. The van der Waals surface area contributed by atoms with Crippen molar-refractivity contribution in [1.29, 1.82) is 0 Å². The van der Waals surface area contributed by atoms with Gasteiger partial charge in [0.25, 0.3) is 0 Å². The van der Waals surface area contributed by atoms with Crippen molar-refractivity contribution in [2.24, 2.45) is 5.92 Å². The average Bonchev–Trinajstić information content (AvgIpc) is 3.62. The lowest BCUT2D eigenvalue weighted by molar-refractivity contribution is -0.120. The van der Waals surface area contributed by atoms with E-state index in [2.05, 4.69) is 53.4 Å². The standard InChI is InChI=1S/C30H33N9O/c1-38-11-13-39(14-12-38)29-27-25(9-10-32-29)34-28(35-27)26-23-16-20(7-8-24(23)36-37-26)21-15-22(18-31-17-21)33-30(40)19-5-3-2-4-6-19/h7-10,15-19H,2-6,11-14H2,1H3,(H,33,40)(H,34,35)(H,36,37). The van der Waals surface area contributed by atoms with Crippen LogP contribution in [0.4, 0.5) is 11.5 Å². The molecule has 5 aromatic rings. The monoisotopic (exact) mass is 535 g/mol. The van der Waals surface area contributed by atoms with E-state index in [9.17, 15) is 4.79 Å². The molecule has 1 saturated carbocycles. The number of hydrogen-bond acceptors (Lipinski definition) is 7. The number of pyridine rings is 2. The summed E-state index contributed by atoms with van der Waals surface area (Å²) in [6, 6.07) is 10.1.